The molecule has 0 spiro atoms. The molecule has 26 heavy (non-hydrogen) atoms. The van der Waals surface area contributed by atoms with Crippen molar-refractivity contribution in [1.82, 2.24) is 0 Å². The Labute approximate surface area is 144 Å². The van der Waals surface area contributed by atoms with Crippen LogP contribution in [-0.2, 0) is 33.0 Å². The predicted molar refractivity (Wildman–Crippen MR) is 77.6 cm³/mol. The van der Waals surface area contributed by atoms with Gasteiger partial charge in [0.25, 0.3) is 0 Å². The van der Waals surface area contributed by atoms with Crippen molar-refractivity contribution in [2.45, 2.75) is 24.4 Å². The van der Waals surface area contributed by atoms with Crippen molar-refractivity contribution in [3.8, 4) is 0 Å². The van der Waals surface area contributed by atoms with E-state index in [1.807, 2.05) is 0 Å². The van der Waals surface area contributed by atoms with Crippen molar-refractivity contribution in [1.29, 1.82) is 0 Å². The van der Waals surface area contributed by atoms with Crippen LogP contribution in [0.5, 0.6) is 0 Å². The van der Waals surface area contributed by atoms with E-state index in [-0.39, 0.29) is 0 Å². The minimum Gasteiger partial charge on any atom is -0.481 e. The Bertz CT molecular complexity index is 635. The van der Waals surface area contributed by atoms with Gasteiger partial charge in [0.1, 0.15) is 6.16 Å². The molecule has 0 saturated heterocycles. The Hall–Kier alpha value is -1.86. The zero-order valence-corrected chi connectivity index (χ0v) is 14.4. The Balaban J connectivity index is 0. The summed E-state index contributed by atoms with van der Waals surface area (Å²) in [5.41, 5.74) is 0. The molecule has 15 nitrogen and oxygen atoms in total. The predicted octanol–water partition coefficient (Wildman–Crippen LogP) is -0.927. The van der Waals surface area contributed by atoms with Crippen LogP contribution >= 0.6 is 15.2 Å². The lowest BCUT2D eigenvalue weighted by atomic mass is 9.98. The number of carbonyl (C=O) groups is 4. The number of carboxylic acid groups (broad SMARTS) is 4. The molecule has 0 aromatic heterocycles. The van der Waals surface area contributed by atoms with Gasteiger partial charge in [-0.25, -0.2) is 5.26 Å². The van der Waals surface area contributed by atoms with Crippen molar-refractivity contribution in [2.24, 2.45) is 0 Å². The van der Waals surface area contributed by atoms with Crippen LogP contribution in [0.2, 0.25) is 0 Å². The standard InChI is InChI=1S/C7H11O9P.C2H5O6P/c8-4(9)1-2-7(6(12)13,3-5(10)11)17(14,15)16;3-2(4)1-9(6,7)8-5/h1-3H2,(H,8,9)(H,10,11)(H,12,13)(H2,14,15,16);5H,1H2,(H,3,4)(H,6,7). The highest BCUT2D eigenvalue weighted by molar-refractivity contribution is 7.55. The minimum atomic E-state index is -5.32. The van der Waals surface area contributed by atoms with E-state index in [1.54, 1.807) is 0 Å². The van der Waals surface area contributed by atoms with E-state index < -0.39 is 69.6 Å². The normalized spacial score (nSPS) is 15.5. The molecule has 0 saturated carbocycles. The molecule has 0 heterocycles. The summed E-state index contributed by atoms with van der Waals surface area (Å²) < 4.78 is 24.2. The lowest BCUT2D eigenvalue weighted by molar-refractivity contribution is -0.149. The van der Waals surface area contributed by atoms with Crippen molar-refractivity contribution in [2.75, 3.05) is 6.16 Å². The van der Waals surface area contributed by atoms with Crippen molar-refractivity contribution in [3.05, 3.63) is 0 Å². The van der Waals surface area contributed by atoms with Crippen LogP contribution < -0.4 is 0 Å². The molecule has 0 fully saturated rings. The average Bonchev–Trinajstić information content (AvgIpc) is 2.40. The Morgan fingerprint density at radius 2 is 1.31 bits per heavy atom. The SMILES string of the molecule is O=C(O)CCC(CC(=O)O)(C(=O)O)P(=O)(O)O.O=C(O)CP(=O)(O)OO. The lowest BCUT2D eigenvalue weighted by Gasteiger charge is -2.27. The third-order valence-corrected chi connectivity index (χ3v) is 5.23. The molecule has 0 aromatic carbocycles. The third-order valence-electron chi connectivity index (χ3n) is 2.61. The first-order valence-electron chi connectivity index (χ1n) is 6.10. The van der Waals surface area contributed by atoms with Gasteiger partial charge in [0.15, 0.2) is 5.16 Å². The van der Waals surface area contributed by atoms with Crippen LogP contribution in [0.4, 0.5) is 0 Å². The molecule has 0 bridgehead atoms. The van der Waals surface area contributed by atoms with Gasteiger partial charge in [0.2, 0.25) is 0 Å². The molecule has 0 radical (unpaired) electrons. The fourth-order valence-electron chi connectivity index (χ4n) is 1.41. The van der Waals surface area contributed by atoms with Gasteiger partial charge >= 0.3 is 39.1 Å². The summed E-state index contributed by atoms with van der Waals surface area (Å²) in [4.78, 5) is 67.3. The number of hydrogen-bond acceptors (Lipinski definition) is 8. The molecule has 2 atom stereocenters. The van der Waals surface area contributed by atoms with E-state index in [0.29, 0.717) is 0 Å². The fraction of sp³-hybridized carbons (Fsp3) is 0.556. The third kappa shape index (κ3) is 9.58. The molecule has 17 heteroatoms. The second-order valence-electron chi connectivity index (χ2n) is 4.62. The maximum Gasteiger partial charge on any atom is 0.366 e. The van der Waals surface area contributed by atoms with Crippen LogP contribution in [0.1, 0.15) is 19.3 Å². The topological polar surface area (TPSA) is 273 Å². The van der Waals surface area contributed by atoms with Crippen LogP contribution in [-0.4, -0.2) is 75.6 Å². The summed E-state index contributed by atoms with van der Waals surface area (Å²) in [6.07, 6.45) is -4.26. The zero-order chi connectivity index (χ0) is 21.3. The van der Waals surface area contributed by atoms with Gasteiger partial charge in [-0.15, -0.1) is 0 Å². The quantitative estimate of drug-likeness (QED) is 0.119. The van der Waals surface area contributed by atoms with Gasteiger partial charge in [-0.1, -0.05) is 0 Å². The molecule has 0 amide bonds. The summed E-state index contributed by atoms with van der Waals surface area (Å²) in [6.45, 7) is 0. The molecule has 8 N–H and O–H groups in total. The molecule has 2 unspecified atom stereocenters. The Morgan fingerprint density at radius 1 is 0.846 bits per heavy atom. The second kappa shape index (κ2) is 10.3. The van der Waals surface area contributed by atoms with Gasteiger partial charge in [0.05, 0.1) is 6.42 Å². The van der Waals surface area contributed by atoms with Crippen LogP contribution in [0, 0.1) is 0 Å². The first kappa shape index (κ1) is 26.4. The molecule has 152 valence electrons. The fourth-order valence-corrected chi connectivity index (χ4v) is 2.80. The van der Waals surface area contributed by atoms with E-state index >= 15 is 0 Å². The van der Waals surface area contributed by atoms with E-state index in [4.69, 9.17) is 40.4 Å². The summed E-state index contributed by atoms with van der Waals surface area (Å²) in [5.74, 6) is -6.75. The van der Waals surface area contributed by atoms with Crippen molar-refractivity contribution >= 4 is 39.1 Å². The summed E-state index contributed by atoms with van der Waals surface area (Å²) in [5, 5.41) is 38.1. The van der Waals surface area contributed by atoms with Crippen LogP contribution in [0.25, 0.3) is 0 Å². The highest BCUT2D eigenvalue weighted by atomic mass is 31.2. The largest absolute Gasteiger partial charge is 0.481 e. The summed E-state index contributed by atoms with van der Waals surface area (Å²) in [6, 6.07) is 0. The van der Waals surface area contributed by atoms with Gasteiger partial charge in [0, 0.05) is 6.42 Å². The van der Waals surface area contributed by atoms with Gasteiger partial charge in [-0.05, 0) is 6.42 Å². The van der Waals surface area contributed by atoms with E-state index in [9.17, 15) is 28.3 Å². The Kier molecular flexibility index (Phi) is 10.5. The molecule has 0 aliphatic carbocycles. The summed E-state index contributed by atoms with van der Waals surface area (Å²) >= 11 is 0. The molecule has 0 aliphatic heterocycles. The lowest BCUT2D eigenvalue weighted by Crippen LogP contribution is -2.41. The molecule has 0 rings (SSSR count). The number of rotatable bonds is 10. The van der Waals surface area contributed by atoms with E-state index in [1.165, 1.54) is 0 Å². The highest BCUT2D eigenvalue weighted by Crippen LogP contribution is 2.55. The summed E-state index contributed by atoms with van der Waals surface area (Å²) in [7, 11) is -9.59. The maximum absolute atomic E-state index is 11.1. The van der Waals surface area contributed by atoms with Crippen LogP contribution in [0.3, 0.4) is 0 Å². The van der Waals surface area contributed by atoms with Gasteiger partial charge in [-0.2, -0.15) is 4.67 Å². The van der Waals surface area contributed by atoms with Crippen molar-refractivity contribution < 1.29 is 73.3 Å². The molecular formula is C9H16O15P2. The second-order valence-corrected chi connectivity index (χ2v) is 8.31. The molecule has 0 aliphatic rings. The minimum absolute atomic E-state index is 0.856. The average molecular weight is 426 g/mol. The first-order chi connectivity index (χ1) is 11.5. The van der Waals surface area contributed by atoms with Gasteiger partial charge < -0.3 is 35.1 Å². The van der Waals surface area contributed by atoms with Crippen LogP contribution in [0.15, 0.2) is 0 Å². The number of carboxylic acids is 4. The maximum atomic E-state index is 11.1. The molecular weight excluding hydrogens is 410 g/mol. The number of aliphatic carboxylic acids is 4. The zero-order valence-electron chi connectivity index (χ0n) is 12.7. The highest BCUT2D eigenvalue weighted by Gasteiger charge is 2.55. The van der Waals surface area contributed by atoms with E-state index in [2.05, 4.69) is 4.67 Å². The van der Waals surface area contributed by atoms with Crippen molar-refractivity contribution in [3.63, 3.8) is 0 Å². The Morgan fingerprint density at radius 3 is 1.50 bits per heavy atom. The first-order valence-corrected chi connectivity index (χ1v) is 9.47. The molecule has 0 aromatic rings. The monoisotopic (exact) mass is 426 g/mol. The smallest absolute Gasteiger partial charge is 0.366 e. The van der Waals surface area contributed by atoms with E-state index in [0.717, 1.165) is 0 Å². The number of hydrogen-bond donors (Lipinski definition) is 8. The van der Waals surface area contributed by atoms with Gasteiger partial charge in [-0.3, -0.25) is 28.3 Å².